The summed E-state index contributed by atoms with van der Waals surface area (Å²) >= 11 is 0. The summed E-state index contributed by atoms with van der Waals surface area (Å²) in [4.78, 5) is 32.3. The second-order valence-corrected chi connectivity index (χ2v) is 8.94. The van der Waals surface area contributed by atoms with Gasteiger partial charge in [-0.2, -0.15) is 0 Å². The molecule has 2 aromatic heterocycles. The maximum atomic E-state index is 13.2. The standard InChI is InChI=1S/C27H40N6O/c1-3-18-32(19-4-2)20-8-6-5-7-9-23-10-12-24(13-11-23)27(34)33(21-25-28-14-15-29-25)22-26-30-16-17-31-26/h10-17H,3-9,18-22H2,1-2H3,(H,28,29)(H,30,31). The Labute approximate surface area is 204 Å². The molecule has 7 heteroatoms. The maximum Gasteiger partial charge on any atom is 0.254 e. The van der Waals surface area contributed by atoms with Crippen molar-refractivity contribution < 1.29 is 4.79 Å². The van der Waals surface area contributed by atoms with Crippen molar-refractivity contribution in [3.63, 3.8) is 0 Å². The predicted molar refractivity (Wildman–Crippen MR) is 136 cm³/mol. The summed E-state index contributed by atoms with van der Waals surface area (Å²) in [5, 5.41) is 0. The number of amides is 1. The number of aryl methyl sites for hydroxylation is 1. The van der Waals surface area contributed by atoms with Crippen LogP contribution >= 0.6 is 0 Å². The van der Waals surface area contributed by atoms with E-state index in [9.17, 15) is 4.79 Å². The molecule has 0 saturated carbocycles. The Morgan fingerprint density at radius 3 is 1.91 bits per heavy atom. The van der Waals surface area contributed by atoms with Crippen molar-refractivity contribution in [2.75, 3.05) is 19.6 Å². The molecule has 7 nitrogen and oxygen atoms in total. The van der Waals surface area contributed by atoms with Crippen molar-refractivity contribution in [2.45, 2.75) is 71.9 Å². The molecule has 0 spiro atoms. The van der Waals surface area contributed by atoms with Gasteiger partial charge in [0.05, 0.1) is 13.1 Å². The molecule has 1 amide bonds. The van der Waals surface area contributed by atoms with Gasteiger partial charge >= 0.3 is 0 Å². The summed E-state index contributed by atoms with van der Waals surface area (Å²) in [7, 11) is 0. The number of carbonyl (C=O) groups is 1. The Bertz CT molecular complexity index is 878. The van der Waals surface area contributed by atoms with Gasteiger partial charge in [-0.05, 0) is 69.4 Å². The number of unbranched alkanes of at least 4 members (excludes halogenated alkanes) is 3. The monoisotopic (exact) mass is 464 g/mol. The molecular formula is C27H40N6O. The van der Waals surface area contributed by atoms with Gasteiger partial charge in [-0.1, -0.05) is 38.8 Å². The van der Waals surface area contributed by atoms with Crippen LogP contribution < -0.4 is 0 Å². The quantitative estimate of drug-likeness (QED) is 0.286. The van der Waals surface area contributed by atoms with Crippen molar-refractivity contribution >= 4 is 5.91 Å². The topological polar surface area (TPSA) is 80.9 Å². The third-order valence-corrected chi connectivity index (χ3v) is 6.05. The van der Waals surface area contributed by atoms with E-state index in [0.717, 1.165) is 18.1 Å². The molecule has 0 radical (unpaired) electrons. The van der Waals surface area contributed by atoms with Gasteiger partial charge in [0.2, 0.25) is 0 Å². The zero-order valence-electron chi connectivity index (χ0n) is 20.8. The van der Waals surface area contributed by atoms with Crippen LogP contribution in [-0.4, -0.2) is 55.3 Å². The number of imidazole rings is 2. The number of carbonyl (C=O) groups excluding carboxylic acids is 1. The summed E-state index contributed by atoms with van der Waals surface area (Å²) in [6.45, 7) is 9.00. The highest BCUT2D eigenvalue weighted by Gasteiger charge is 2.18. The number of H-pyrrole nitrogens is 2. The molecule has 0 bridgehead atoms. The van der Waals surface area contributed by atoms with E-state index in [4.69, 9.17) is 0 Å². The first-order valence-corrected chi connectivity index (χ1v) is 12.8. The van der Waals surface area contributed by atoms with Gasteiger partial charge in [0.25, 0.3) is 5.91 Å². The van der Waals surface area contributed by atoms with Crippen LogP contribution in [0.4, 0.5) is 0 Å². The molecule has 2 N–H and O–H groups in total. The smallest absolute Gasteiger partial charge is 0.254 e. The first-order valence-electron chi connectivity index (χ1n) is 12.8. The third-order valence-electron chi connectivity index (χ3n) is 6.05. The lowest BCUT2D eigenvalue weighted by molar-refractivity contribution is 0.0721. The van der Waals surface area contributed by atoms with E-state index in [1.54, 1.807) is 29.7 Å². The van der Waals surface area contributed by atoms with Crippen LogP contribution in [0.15, 0.2) is 49.1 Å². The van der Waals surface area contributed by atoms with Gasteiger partial charge in [0, 0.05) is 30.4 Å². The SMILES string of the molecule is CCCN(CCC)CCCCCCc1ccc(C(=O)N(Cc2ncc[nH]2)Cc2ncc[nH]2)cc1. The first kappa shape index (κ1) is 25.7. The van der Waals surface area contributed by atoms with Crippen LogP contribution in [0.1, 0.15) is 79.9 Å². The molecule has 0 atom stereocenters. The van der Waals surface area contributed by atoms with Crippen LogP contribution in [0, 0.1) is 0 Å². The Balaban J connectivity index is 1.46. The Hall–Kier alpha value is -2.93. The van der Waals surface area contributed by atoms with Gasteiger partial charge in [-0.15, -0.1) is 0 Å². The van der Waals surface area contributed by atoms with Crippen molar-refractivity contribution in [1.82, 2.24) is 29.7 Å². The van der Waals surface area contributed by atoms with Crippen molar-refractivity contribution in [2.24, 2.45) is 0 Å². The lowest BCUT2D eigenvalue weighted by atomic mass is 10.0. The number of hydrogen-bond acceptors (Lipinski definition) is 4. The summed E-state index contributed by atoms with van der Waals surface area (Å²) in [5.74, 6) is 1.48. The maximum absolute atomic E-state index is 13.2. The fourth-order valence-electron chi connectivity index (χ4n) is 4.31. The van der Waals surface area contributed by atoms with Gasteiger partial charge < -0.3 is 19.8 Å². The Morgan fingerprint density at radius 2 is 1.38 bits per heavy atom. The molecule has 1 aromatic carbocycles. The molecule has 0 aliphatic rings. The van der Waals surface area contributed by atoms with E-state index in [2.05, 4.69) is 50.8 Å². The molecule has 3 rings (SSSR count). The average Bonchev–Trinajstić information content (AvgIpc) is 3.56. The van der Waals surface area contributed by atoms with Crippen LogP contribution in [0.5, 0.6) is 0 Å². The van der Waals surface area contributed by atoms with E-state index in [0.29, 0.717) is 18.7 Å². The van der Waals surface area contributed by atoms with E-state index < -0.39 is 0 Å². The highest BCUT2D eigenvalue weighted by Crippen LogP contribution is 2.14. The predicted octanol–water partition coefficient (Wildman–Crippen LogP) is 5.20. The molecule has 34 heavy (non-hydrogen) atoms. The molecule has 0 unspecified atom stereocenters. The summed E-state index contributed by atoms with van der Waals surface area (Å²) in [5.41, 5.74) is 1.98. The van der Waals surface area contributed by atoms with Crippen molar-refractivity contribution in [3.8, 4) is 0 Å². The summed E-state index contributed by atoms with van der Waals surface area (Å²) < 4.78 is 0. The lowest BCUT2D eigenvalue weighted by Crippen LogP contribution is -2.31. The first-order chi connectivity index (χ1) is 16.7. The lowest BCUT2D eigenvalue weighted by Gasteiger charge is -2.21. The van der Waals surface area contributed by atoms with Gasteiger partial charge in [0.15, 0.2) is 0 Å². The number of nitrogens with zero attached hydrogens (tertiary/aromatic N) is 4. The van der Waals surface area contributed by atoms with E-state index in [1.165, 1.54) is 63.7 Å². The normalized spacial score (nSPS) is 11.3. The number of aromatic amines is 2. The average molecular weight is 465 g/mol. The second-order valence-electron chi connectivity index (χ2n) is 8.94. The number of benzene rings is 1. The molecule has 0 aliphatic carbocycles. The van der Waals surface area contributed by atoms with Crippen LogP contribution in [0.25, 0.3) is 0 Å². The zero-order valence-corrected chi connectivity index (χ0v) is 20.8. The van der Waals surface area contributed by atoms with Crippen LogP contribution in [0.3, 0.4) is 0 Å². The van der Waals surface area contributed by atoms with E-state index in [1.807, 2.05) is 12.1 Å². The zero-order chi connectivity index (χ0) is 24.0. The molecule has 184 valence electrons. The van der Waals surface area contributed by atoms with Crippen molar-refractivity contribution in [3.05, 3.63) is 71.8 Å². The Kier molecular flexibility index (Phi) is 10.8. The van der Waals surface area contributed by atoms with Gasteiger partial charge in [0.1, 0.15) is 11.6 Å². The third kappa shape index (κ3) is 8.45. The van der Waals surface area contributed by atoms with E-state index >= 15 is 0 Å². The largest absolute Gasteiger partial charge is 0.347 e. The van der Waals surface area contributed by atoms with Gasteiger partial charge in [-0.3, -0.25) is 4.79 Å². The molecule has 2 heterocycles. The number of aromatic nitrogens is 4. The molecule has 0 aliphatic heterocycles. The number of hydrogen-bond donors (Lipinski definition) is 2. The van der Waals surface area contributed by atoms with Gasteiger partial charge in [-0.25, -0.2) is 9.97 Å². The molecule has 0 saturated heterocycles. The number of rotatable bonds is 16. The van der Waals surface area contributed by atoms with Crippen LogP contribution in [-0.2, 0) is 19.5 Å². The fraction of sp³-hybridized carbons (Fsp3) is 0.519. The minimum atomic E-state index is -0.0249. The highest BCUT2D eigenvalue weighted by molar-refractivity contribution is 5.94. The van der Waals surface area contributed by atoms with Crippen LogP contribution in [0.2, 0.25) is 0 Å². The number of nitrogens with one attached hydrogen (secondary N) is 2. The molecular weight excluding hydrogens is 424 g/mol. The summed E-state index contributed by atoms with van der Waals surface area (Å²) in [6, 6.07) is 8.08. The molecule has 0 fully saturated rings. The fourth-order valence-corrected chi connectivity index (χ4v) is 4.31. The molecule has 3 aromatic rings. The van der Waals surface area contributed by atoms with Crippen molar-refractivity contribution in [1.29, 1.82) is 0 Å². The second kappa shape index (κ2) is 14.4. The highest BCUT2D eigenvalue weighted by atomic mass is 16.2. The Morgan fingerprint density at radius 1 is 0.794 bits per heavy atom. The van der Waals surface area contributed by atoms with E-state index in [-0.39, 0.29) is 5.91 Å². The minimum Gasteiger partial charge on any atom is -0.347 e. The summed E-state index contributed by atoms with van der Waals surface area (Å²) in [6.07, 6.45) is 15.5. The minimum absolute atomic E-state index is 0.0249.